The van der Waals surface area contributed by atoms with E-state index in [2.05, 4.69) is 25.8 Å². The van der Waals surface area contributed by atoms with Gasteiger partial charge in [-0.2, -0.15) is 0 Å². The number of piperazine rings is 1. The molecule has 1 aliphatic heterocycles. The van der Waals surface area contributed by atoms with Crippen LogP contribution in [0.3, 0.4) is 0 Å². The van der Waals surface area contributed by atoms with E-state index in [1.807, 2.05) is 13.8 Å². The minimum Gasteiger partial charge on any atom is -0.352 e. The second kappa shape index (κ2) is 7.70. The molecule has 3 rings (SSSR count). The molecule has 0 radical (unpaired) electrons. The molecule has 2 atom stereocenters. The van der Waals surface area contributed by atoms with Crippen LogP contribution in [0, 0.1) is 0 Å². The summed E-state index contributed by atoms with van der Waals surface area (Å²) in [6.45, 7) is 6.65. The van der Waals surface area contributed by atoms with Crippen molar-refractivity contribution in [3.8, 4) is 0 Å². The summed E-state index contributed by atoms with van der Waals surface area (Å²) in [5.74, 6) is -0.176. The highest BCUT2D eigenvalue weighted by atomic mass is 16.2. The lowest BCUT2D eigenvalue weighted by atomic mass is 10.1. The molecule has 4 amide bonds. The van der Waals surface area contributed by atoms with E-state index in [1.165, 1.54) is 0 Å². The van der Waals surface area contributed by atoms with Gasteiger partial charge in [0.25, 0.3) is 0 Å². The molecule has 3 aliphatic rings. The molecule has 8 nitrogen and oxygen atoms in total. The summed E-state index contributed by atoms with van der Waals surface area (Å²) < 4.78 is 0. The van der Waals surface area contributed by atoms with E-state index in [4.69, 9.17) is 0 Å². The molecule has 0 bridgehead atoms. The predicted molar refractivity (Wildman–Crippen MR) is 92.9 cm³/mol. The molecule has 3 N–H and O–H groups in total. The van der Waals surface area contributed by atoms with Crippen molar-refractivity contribution >= 4 is 17.8 Å². The molecule has 2 aliphatic carbocycles. The highest BCUT2D eigenvalue weighted by Crippen LogP contribution is 2.19. The Morgan fingerprint density at radius 1 is 0.760 bits per heavy atom. The first kappa shape index (κ1) is 18.1. The number of carbonyl (C=O) groups excluding carboxylic acids is 3. The second-order valence-corrected chi connectivity index (χ2v) is 7.44. The lowest BCUT2D eigenvalue weighted by molar-refractivity contribution is -0.129. The molecule has 140 valence electrons. The lowest BCUT2D eigenvalue weighted by Gasteiger charge is -2.39. The first-order chi connectivity index (χ1) is 11.9. The number of hydrogen-bond acceptors (Lipinski definition) is 5. The van der Waals surface area contributed by atoms with Gasteiger partial charge in [-0.3, -0.25) is 24.7 Å². The van der Waals surface area contributed by atoms with Crippen LogP contribution < -0.4 is 16.0 Å². The molecule has 0 aromatic rings. The molecule has 25 heavy (non-hydrogen) atoms. The summed E-state index contributed by atoms with van der Waals surface area (Å²) in [6.07, 6.45) is 4.16. The Kier molecular flexibility index (Phi) is 5.58. The zero-order valence-electron chi connectivity index (χ0n) is 15.1. The molecule has 0 aromatic carbocycles. The van der Waals surface area contributed by atoms with Crippen molar-refractivity contribution in [1.29, 1.82) is 0 Å². The number of urea groups is 1. The van der Waals surface area contributed by atoms with Crippen LogP contribution in [0.5, 0.6) is 0 Å². The normalized spacial score (nSPS) is 24.2. The average Bonchev–Trinajstić information content (AvgIpc) is 3.50. The fourth-order valence-electron chi connectivity index (χ4n) is 3.06. The van der Waals surface area contributed by atoms with Crippen LogP contribution in [0.4, 0.5) is 4.79 Å². The van der Waals surface area contributed by atoms with Crippen molar-refractivity contribution in [2.45, 2.75) is 63.7 Å². The molecular formula is C17H29N5O3. The maximum atomic E-state index is 12.2. The van der Waals surface area contributed by atoms with Crippen LogP contribution in [0.1, 0.15) is 39.5 Å². The van der Waals surface area contributed by atoms with Gasteiger partial charge in [0.2, 0.25) is 11.8 Å². The summed E-state index contributed by atoms with van der Waals surface area (Å²) in [6, 6.07) is -0.293. The first-order valence-electron chi connectivity index (χ1n) is 9.34. The minimum atomic E-state index is -0.400. The van der Waals surface area contributed by atoms with Gasteiger partial charge >= 0.3 is 6.03 Å². The molecule has 1 saturated heterocycles. The van der Waals surface area contributed by atoms with Crippen LogP contribution in [-0.2, 0) is 9.59 Å². The third-order valence-corrected chi connectivity index (χ3v) is 5.28. The second-order valence-electron chi connectivity index (χ2n) is 7.44. The summed E-state index contributed by atoms with van der Waals surface area (Å²) in [4.78, 5) is 40.3. The van der Waals surface area contributed by atoms with Crippen LogP contribution in [0.15, 0.2) is 0 Å². The largest absolute Gasteiger partial charge is 0.352 e. The first-order valence-corrected chi connectivity index (χ1v) is 9.34. The third kappa shape index (κ3) is 5.15. The number of nitrogens with zero attached hydrogens (tertiary/aromatic N) is 2. The number of carbonyl (C=O) groups is 3. The van der Waals surface area contributed by atoms with Gasteiger partial charge in [0.05, 0.1) is 12.1 Å². The highest BCUT2D eigenvalue weighted by molar-refractivity contribution is 5.97. The number of hydrogen-bond donors (Lipinski definition) is 3. The van der Waals surface area contributed by atoms with Crippen molar-refractivity contribution in [2.75, 3.05) is 26.2 Å². The van der Waals surface area contributed by atoms with Gasteiger partial charge in [0.15, 0.2) is 0 Å². The fraction of sp³-hybridized carbons (Fsp3) is 0.824. The van der Waals surface area contributed by atoms with Crippen LogP contribution in [-0.4, -0.2) is 78.0 Å². The van der Waals surface area contributed by atoms with Crippen molar-refractivity contribution in [2.24, 2.45) is 0 Å². The predicted octanol–water partition coefficient (Wildman–Crippen LogP) is -0.352. The van der Waals surface area contributed by atoms with E-state index < -0.39 is 6.03 Å². The Morgan fingerprint density at radius 2 is 1.20 bits per heavy atom. The molecular weight excluding hydrogens is 322 g/mol. The lowest BCUT2D eigenvalue weighted by Crippen LogP contribution is -2.58. The maximum Gasteiger partial charge on any atom is 0.321 e. The van der Waals surface area contributed by atoms with Gasteiger partial charge in [-0.1, -0.05) is 0 Å². The van der Waals surface area contributed by atoms with Gasteiger partial charge in [-0.15, -0.1) is 0 Å². The van der Waals surface area contributed by atoms with Crippen molar-refractivity contribution in [3.05, 3.63) is 0 Å². The Bertz CT molecular complexity index is 524. The van der Waals surface area contributed by atoms with Gasteiger partial charge in [-0.25, -0.2) is 4.79 Å². The van der Waals surface area contributed by atoms with Gasteiger partial charge in [-0.05, 0) is 39.5 Å². The van der Waals surface area contributed by atoms with Crippen molar-refractivity contribution in [3.63, 3.8) is 0 Å². The summed E-state index contributed by atoms with van der Waals surface area (Å²) >= 11 is 0. The molecule has 0 aromatic heterocycles. The SMILES string of the molecule is CC(C(=O)NC(=O)NC1CC1)N1CCN(C(C)C(=O)NC2CC2)CC1. The molecule has 2 unspecified atom stereocenters. The quantitative estimate of drug-likeness (QED) is 0.608. The van der Waals surface area contributed by atoms with E-state index in [1.54, 1.807) is 0 Å². The molecule has 3 fully saturated rings. The van der Waals surface area contributed by atoms with Gasteiger partial charge < -0.3 is 10.6 Å². The van der Waals surface area contributed by atoms with Crippen LogP contribution >= 0.6 is 0 Å². The number of imide groups is 1. The van der Waals surface area contributed by atoms with E-state index in [0.29, 0.717) is 19.1 Å². The molecule has 2 saturated carbocycles. The maximum absolute atomic E-state index is 12.2. The van der Waals surface area contributed by atoms with Crippen LogP contribution in [0.2, 0.25) is 0 Å². The standard InChI is InChI=1S/C17H29N5O3/c1-11(15(23)18-13-3-4-13)21-7-9-22(10-8-21)12(2)16(24)20-17(25)19-14-5-6-14/h11-14H,3-10H2,1-2H3,(H,18,23)(H2,19,20,24,25). The zero-order valence-corrected chi connectivity index (χ0v) is 15.1. The smallest absolute Gasteiger partial charge is 0.321 e. The van der Waals surface area contributed by atoms with Gasteiger partial charge in [0.1, 0.15) is 0 Å². The summed E-state index contributed by atoms with van der Waals surface area (Å²) in [5, 5.41) is 8.22. The fourth-order valence-corrected chi connectivity index (χ4v) is 3.06. The Hall–Kier alpha value is -1.67. The van der Waals surface area contributed by atoms with Crippen LogP contribution in [0.25, 0.3) is 0 Å². The molecule has 1 heterocycles. The summed E-state index contributed by atoms with van der Waals surface area (Å²) in [7, 11) is 0. The molecule has 8 heteroatoms. The monoisotopic (exact) mass is 351 g/mol. The Labute approximate surface area is 148 Å². The summed E-state index contributed by atoms with van der Waals surface area (Å²) in [5.41, 5.74) is 0. The van der Waals surface area contributed by atoms with Gasteiger partial charge in [0, 0.05) is 38.3 Å². The topological polar surface area (TPSA) is 93.8 Å². The Balaban J connectivity index is 1.40. The third-order valence-electron chi connectivity index (χ3n) is 5.28. The Morgan fingerprint density at radius 3 is 1.68 bits per heavy atom. The number of amides is 4. The van der Waals surface area contributed by atoms with Crippen molar-refractivity contribution in [1.82, 2.24) is 25.8 Å². The van der Waals surface area contributed by atoms with Crippen molar-refractivity contribution < 1.29 is 14.4 Å². The van der Waals surface area contributed by atoms with E-state index in [0.717, 1.165) is 38.8 Å². The van der Waals surface area contributed by atoms with E-state index in [-0.39, 0.29) is 29.9 Å². The van der Waals surface area contributed by atoms with E-state index >= 15 is 0 Å². The highest BCUT2D eigenvalue weighted by Gasteiger charge is 2.32. The zero-order chi connectivity index (χ0) is 18.0. The average molecular weight is 351 g/mol. The minimum absolute atomic E-state index is 0.0958. The number of rotatable bonds is 6. The number of nitrogens with one attached hydrogen (secondary N) is 3. The van der Waals surface area contributed by atoms with E-state index in [9.17, 15) is 14.4 Å². The molecule has 0 spiro atoms.